The van der Waals surface area contributed by atoms with Gasteiger partial charge in [-0.15, -0.1) is 0 Å². The summed E-state index contributed by atoms with van der Waals surface area (Å²) >= 11 is 0. The van der Waals surface area contributed by atoms with Gasteiger partial charge in [0.25, 0.3) is 0 Å². The molecule has 0 radical (unpaired) electrons. The van der Waals surface area contributed by atoms with Gasteiger partial charge in [-0.05, 0) is 36.5 Å². The van der Waals surface area contributed by atoms with Crippen molar-refractivity contribution >= 4 is 5.91 Å². The molecular weight excluding hydrogens is 312 g/mol. The van der Waals surface area contributed by atoms with Gasteiger partial charge in [0.05, 0.1) is 0 Å². The number of aryl methyl sites for hydroxylation is 1. The van der Waals surface area contributed by atoms with E-state index in [4.69, 9.17) is 10.5 Å². The van der Waals surface area contributed by atoms with E-state index in [0.717, 1.165) is 31.6 Å². The molecule has 1 fully saturated rings. The van der Waals surface area contributed by atoms with Crippen molar-refractivity contribution in [2.75, 3.05) is 19.8 Å². The Morgan fingerprint density at radius 3 is 2.44 bits per heavy atom. The summed E-state index contributed by atoms with van der Waals surface area (Å²) in [5.74, 6) is -0.134. The summed E-state index contributed by atoms with van der Waals surface area (Å²) < 4.78 is 5.57. The Balaban J connectivity index is 1.76. The van der Waals surface area contributed by atoms with Crippen LogP contribution in [0.3, 0.4) is 0 Å². The first-order chi connectivity index (χ1) is 12.1. The fraction of sp³-hybridized carbons (Fsp3) is 0.381. The first-order valence-corrected chi connectivity index (χ1v) is 8.84. The van der Waals surface area contributed by atoms with Gasteiger partial charge < -0.3 is 15.8 Å². The second-order valence-electron chi connectivity index (χ2n) is 6.81. The second-order valence-corrected chi connectivity index (χ2v) is 6.81. The molecule has 2 aromatic rings. The van der Waals surface area contributed by atoms with E-state index in [1.165, 1.54) is 11.1 Å². The molecule has 1 aliphatic heterocycles. The number of ether oxygens (including phenoxy) is 1. The average Bonchev–Trinajstić information content (AvgIpc) is 2.67. The van der Waals surface area contributed by atoms with E-state index in [1.807, 2.05) is 30.3 Å². The molecule has 1 unspecified atom stereocenters. The van der Waals surface area contributed by atoms with Crippen LogP contribution >= 0.6 is 0 Å². The maximum absolute atomic E-state index is 12.6. The smallest absolute Gasteiger partial charge is 0.241 e. The van der Waals surface area contributed by atoms with Crippen LogP contribution in [0.2, 0.25) is 0 Å². The Morgan fingerprint density at radius 2 is 1.76 bits per heavy atom. The third-order valence-electron chi connectivity index (χ3n) is 5.21. The Hall–Kier alpha value is -2.17. The van der Waals surface area contributed by atoms with Crippen molar-refractivity contribution in [1.82, 2.24) is 5.32 Å². The number of carbonyl (C=O) groups excluding carboxylic acids is 1. The van der Waals surface area contributed by atoms with Gasteiger partial charge in [0.1, 0.15) is 6.04 Å². The fourth-order valence-electron chi connectivity index (χ4n) is 3.65. The van der Waals surface area contributed by atoms with Gasteiger partial charge in [0, 0.05) is 25.2 Å². The number of hydrogen-bond donors (Lipinski definition) is 2. The maximum atomic E-state index is 12.6. The highest BCUT2D eigenvalue weighted by molar-refractivity contribution is 5.83. The van der Waals surface area contributed by atoms with Crippen LogP contribution < -0.4 is 11.1 Å². The molecule has 0 bridgehead atoms. The van der Waals surface area contributed by atoms with Crippen LogP contribution in [-0.4, -0.2) is 25.7 Å². The van der Waals surface area contributed by atoms with E-state index in [1.54, 1.807) is 0 Å². The van der Waals surface area contributed by atoms with E-state index >= 15 is 0 Å². The SMILES string of the molecule is Cc1ccccc1C1(CNC(=O)C(N)c2ccccc2)CCOCC1. The van der Waals surface area contributed by atoms with Crippen LogP contribution in [0.25, 0.3) is 0 Å². The van der Waals surface area contributed by atoms with Crippen LogP contribution in [0, 0.1) is 6.92 Å². The number of amides is 1. The van der Waals surface area contributed by atoms with E-state index in [0.29, 0.717) is 6.54 Å². The number of hydrogen-bond acceptors (Lipinski definition) is 3. The van der Waals surface area contributed by atoms with Crippen LogP contribution in [0.15, 0.2) is 54.6 Å². The lowest BCUT2D eigenvalue weighted by molar-refractivity contribution is -0.123. The lowest BCUT2D eigenvalue weighted by Crippen LogP contribution is -2.47. The second kappa shape index (κ2) is 7.81. The minimum absolute atomic E-state index is 0.0876. The van der Waals surface area contributed by atoms with Gasteiger partial charge in [0.2, 0.25) is 5.91 Å². The van der Waals surface area contributed by atoms with Crippen molar-refractivity contribution in [3.63, 3.8) is 0 Å². The largest absolute Gasteiger partial charge is 0.381 e. The van der Waals surface area contributed by atoms with Crippen molar-refractivity contribution in [1.29, 1.82) is 0 Å². The highest BCUT2D eigenvalue weighted by atomic mass is 16.5. The summed E-state index contributed by atoms with van der Waals surface area (Å²) in [5, 5.41) is 3.10. The number of benzene rings is 2. The molecule has 0 spiro atoms. The zero-order valence-corrected chi connectivity index (χ0v) is 14.7. The molecule has 3 N–H and O–H groups in total. The number of rotatable bonds is 5. The molecule has 25 heavy (non-hydrogen) atoms. The summed E-state index contributed by atoms with van der Waals surface area (Å²) in [6, 6.07) is 17.3. The predicted molar refractivity (Wildman–Crippen MR) is 99.3 cm³/mol. The summed E-state index contributed by atoms with van der Waals surface area (Å²) in [4.78, 5) is 12.6. The predicted octanol–water partition coefficient (Wildman–Crippen LogP) is 2.86. The summed E-state index contributed by atoms with van der Waals surface area (Å²) in [6.07, 6.45) is 1.80. The third kappa shape index (κ3) is 3.91. The van der Waals surface area contributed by atoms with E-state index in [-0.39, 0.29) is 11.3 Å². The van der Waals surface area contributed by atoms with Gasteiger partial charge >= 0.3 is 0 Å². The molecule has 1 heterocycles. The quantitative estimate of drug-likeness (QED) is 0.881. The van der Waals surface area contributed by atoms with Crippen LogP contribution in [-0.2, 0) is 14.9 Å². The van der Waals surface area contributed by atoms with Crippen molar-refractivity contribution in [2.24, 2.45) is 5.73 Å². The number of nitrogens with two attached hydrogens (primary N) is 1. The third-order valence-corrected chi connectivity index (χ3v) is 5.21. The summed E-state index contributed by atoms with van der Waals surface area (Å²) in [6.45, 7) is 4.15. The molecule has 4 nitrogen and oxygen atoms in total. The highest BCUT2D eigenvalue weighted by Gasteiger charge is 2.36. The number of nitrogens with one attached hydrogen (secondary N) is 1. The van der Waals surface area contributed by atoms with Gasteiger partial charge in [0.15, 0.2) is 0 Å². The van der Waals surface area contributed by atoms with Crippen molar-refractivity contribution in [2.45, 2.75) is 31.2 Å². The van der Waals surface area contributed by atoms with Crippen molar-refractivity contribution < 1.29 is 9.53 Å². The molecule has 0 aliphatic carbocycles. The molecule has 2 aromatic carbocycles. The Labute approximate surface area is 149 Å². The van der Waals surface area contributed by atoms with E-state index < -0.39 is 6.04 Å². The van der Waals surface area contributed by atoms with Crippen LogP contribution in [0.4, 0.5) is 0 Å². The lowest BCUT2D eigenvalue weighted by Gasteiger charge is -2.39. The number of carbonyl (C=O) groups is 1. The molecule has 1 atom stereocenters. The normalized spacial score (nSPS) is 17.7. The highest BCUT2D eigenvalue weighted by Crippen LogP contribution is 2.36. The Bertz CT molecular complexity index is 709. The average molecular weight is 338 g/mol. The molecule has 1 amide bonds. The first kappa shape index (κ1) is 17.6. The zero-order chi connectivity index (χ0) is 17.7. The first-order valence-electron chi connectivity index (χ1n) is 8.84. The Morgan fingerprint density at radius 1 is 1.12 bits per heavy atom. The van der Waals surface area contributed by atoms with Gasteiger partial charge in [-0.25, -0.2) is 0 Å². The minimum atomic E-state index is -0.644. The topological polar surface area (TPSA) is 64.4 Å². The van der Waals surface area contributed by atoms with Crippen molar-refractivity contribution in [3.05, 3.63) is 71.3 Å². The standard InChI is InChI=1S/C21H26N2O2/c1-16-7-5-6-10-18(16)21(11-13-25-14-12-21)15-23-20(24)19(22)17-8-3-2-4-9-17/h2-10,19H,11-15,22H2,1H3,(H,23,24). The van der Waals surface area contributed by atoms with Crippen molar-refractivity contribution in [3.8, 4) is 0 Å². The molecule has 132 valence electrons. The lowest BCUT2D eigenvalue weighted by atomic mass is 9.72. The molecule has 1 aliphatic rings. The van der Waals surface area contributed by atoms with Crippen LogP contribution in [0.1, 0.15) is 35.6 Å². The minimum Gasteiger partial charge on any atom is -0.381 e. The van der Waals surface area contributed by atoms with E-state index in [2.05, 4.69) is 36.5 Å². The maximum Gasteiger partial charge on any atom is 0.241 e. The van der Waals surface area contributed by atoms with Gasteiger partial charge in [-0.1, -0.05) is 54.6 Å². The molecule has 0 saturated carbocycles. The molecular formula is C21H26N2O2. The van der Waals surface area contributed by atoms with Gasteiger partial charge in [-0.2, -0.15) is 0 Å². The summed E-state index contributed by atoms with van der Waals surface area (Å²) in [7, 11) is 0. The zero-order valence-electron chi connectivity index (χ0n) is 14.7. The monoisotopic (exact) mass is 338 g/mol. The van der Waals surface area contributed by atoms with Gasteiger partial charge in [-0.3, -0.25) is 4.79 Å². The molecule has 3 rings (SSSR count). The Kier molecular flexibility index (Phi) is 5.51. The fourth-order valence-corrected chi connectivity index (χ4v) is 3.65. The summed E-state index contributed by atoms with van der Waals surface area (Å²) in [5.41, 5.74) is 9.43. The molecule has 0 aromatic heterocycles. The molecule has 4 heteroatoms. The molecule has 1 saturated heterocycles. The van der Waals surface area contributed by atoms with E-state index in [9.17, 15) is 4.79 Å². The van der Waals surface area contributed by atoms with Crippen LogP contribution in [0.5, 0.6) is 0 Å².